The molecule has 5 heteroatoms. The molecule has 0 amide bonds. The molecule has 0 saturated carbocycles. The lowest BCUT2D eigenvalue weighted by molar-refractivity contribution is -0.137. The Hall–Kier alpha value is -0.820. The van der Waals surface area contributed by atoms with Gasteiger partial charge >= 0.3 is 5.97 Å². The van der Waals surface area contributed by atoms with Crippen LogP contribution in [-0.2, 0) is 4.79 Å². The third-order valence-corrected chi connectivity index (χ3v) is 2.66. The topological polar surface area (TPSA) is 83.6 Å². The minimum absolute atomic E-state index is 0.110. The Morgan fingerprint density at radius 1 is 1.57 bits per heavy atom. The van der Waals surface area contributed by atoms with Gasteiger partial charge in [0.05, 0.1) is 9.99 Å². The monoisotopic (exact) mass is 307 g/mol. The summed E-state index contributed by atoms with van der Waals surface area (Å²) in [5.74, 6) is -0.752. The first-order valence-electron chi connectivity index (χ1n) is 3.96. The van der Waals surface area contributed by atoms with Gasteiger partial charge in [0.2, 0.25) is 0 Å². The molecule has 0 spiro atoms. The molecule has 76 valence electrons. The summed E-state index contributed by atoms with van der Waals surface area (Å²) >= 11 is 1.96. The van der Waals surface area contributed by atoms with E-state index in [1.54, 1.807) is 12.1 Å². The number of hydrogen-bond donors (Lipinski definition) is 3. The van der Waals surface area contributed by atoms with Gasteiger partial charge in [-0.25, -0.2) is 0 Å². The van der Waals surface area contributed by atoms with Crippen LogP contribution in [0.3, 0.4) is 0 Å². The molecule has 1 atom stereocenters. The predicted molar refractivity (Wildman–Crippen MR) is 60.0 cm³/mol. The van der Waals surface area contributed by atoms with E-state index < -0.39 is 12.0 Å². The second-order valence-electron chi connectivity index (χ2n) is 2.92. The van der Waals surface area contributed by atoms with Crippen LogP contribution in [0.5, 0.6) is 5.75 Å². The van der Waals surface area contributed by atoms with E-state index in [4.69, 9.17) is 10.8 Å². The Kier molecular flexibility index (Phi) is 3.70. The number of hydrogen-bond acceptors (Lipinski definition) is 3. The Balaban J connectivity index is 2.85. The first kappa shape index (κ1) is 11.3. The van der Waals surface area contributed by atoms with Crippen molar-refractivity contribution >= 4 is 28.6 Å². The summed E-state index contributed by atoms with van der Waals surface area (Å²) in [5, 5.41) is 17.8. The molecule has 1 aromatic rings. The van der Waals surface area contributed by atoms with Crippen LogP contribution in [0, 0.1) is 3.57 Å². The van der Waals surface area contributed by atoms with Crippen LogP contribution in [0.1, 0.15) is 18.0 Å². The fraction of sp³-hybridized carbons (Fsp3) is 0.222. The fourth-order valence-electron chi connectivity index (χ4n) is 1.06. The van der Waals surface area contributed by atoms with Crippen molar-refractivity contribution in [1.82, 2.24) is 0 Å². The molecule has 0 fully saturated rings. The molecular weight excluding hydrogens is 297 g/mol. The van der Waals surface area contributed by atoms with Crippen LogP contribution in [0.25, 0.3) is 0 Å². The molecule has 0 unspecified atom stereocenters. The molecule has 14 heavy (non-hydrogen) atoms. The van der Waals surface area contributed by atoms with Crippen LogP contribution in [0.4, 0.5) is 0 Å². The van der Waals surface area contributed by atoms with Gasteiger partial charge in [-0.15, -0.1) is 0 Å². The van der Waals surface area contributed by atoms with Crippen LogP contribution in [0.15, 0.2) is 18.2 Å². The van der Waals surface area contributed by atoms with Crippen LogP contribution < -0.4 is 5.73 Å². The van der Waals surface area contributed by atoms with Crippen molar-refractivity contribution in [2.24, 2.45) is 5.73 Å². The lowest BCUT2D eigenvalue weighted by Crippen LogP contribution is -2.14. The van der Waals surface area contributed by atoms with Crippen LogP contribution in [0.2, 0.25) is 0 Å². The summed E-state index contributed by atoms with van der Waals surface area (Å²) in [7, 11) is 0. The fourth-order valence-corrected chi connectivity index (χ4v) is 1.60. The molecule has 1 rings (SSSR count). The van der Waals surface area contributed by atoms with Gasteiger partial charge < -0.3 is 15.9 Å². The van der Waals surface area contributed by atoms with E-state index in [1.165, 1.54) is 6.07 Å². The van der Waals surface area contributed by atoms with Crippen LogP contribution >= 0.6 is 22.6 Å². The highest BCUT2D eigenvalue weighted by Gasteiger charge is 2.11. The number of rotatable bonds is 3. The number of carbonyl (C=O) groups is 1. The maximum atomic E-state index is 10.4. The molecule has 1 aromatic carbocycles. The molecule has 0 aliphatic heterocycles. The Morgan fingerprint density at radius 3 is 2.71 bits per heavy atom. The smallest absolute Gasteiger partial charge is 0.305 e. The molecule has 0 aliphatic rings. The zero-order chi connectivity index (χ0) is 10.7. The average Bonchev–Trinajstić information content (AvgIpc) is 2.08. The van der Waals surface area contributed by atoms with Gasteiger partial charge in [0, 0.05) is 6.04 Å². The van der Waals surface area contributed by atoms with Crippen molar-refractivity contribution in [3.63, 3.8) is 0 Å². The molecule has 4 N–H and O–H groups in total. The van der Waals surface area contributed by atoms with E-state index in [0.717, 1.165) is 5.56 Å². The van der Waals surface area contributed by atoms with Gasteiger partial charge in [-0.2, -0.15) is 0 Å². The van der Waals surface area contributed by atoms with Crippen molar-refractivity contribution in [3.8, 4) is 5.75 Å². The molecule has 0 heterocycles. The number of phenols is 1. The summed E-state index contributed by atoms with van der Waals surface area (Å²) in [6, 6.07) is 4.30. The van der Waals surface area contributed by atoms with Crippen molar-refractivity contribution in [1.29, 1.82) is 0 Å². The summed E-state index contributed by atoms with van der Waals surface area (Å²) in [6.45, 7) is 0. The van der Waals surface area contributed by atoms with E-state index >= 15 is 0 Å². The van der Waals surface area contributed by atoms with Crippen LogP contribution in [-0.4, -0.2) is 16.2 Å². The van der Waals surface area contributed by atoms with Gasteiger partial charge in [0.1, 0.15) is 5.75 Å². The zero-order valence-electron chi connectivity index (χ0n) is 7.27. The van der Waals surface area contributed by atoms with Gasteiger partial charge in [-0.05, 0) is 40.3 Å². The summed E-state index contributed by atoms with van der Waals surface area (Å²) in [6.07, 6.45) is -0.110. The molecule has 0 aromatic heterocycles. The molecule has 0 bridgehead atoms. The minimum atomic E-state index is -0.930. The number of phenolic OH excluding ortho intramolecular Hbond substituents is 1. The number of carboxylic acids is 1. The average molecular weight is 307 g/mol. The number of aliphatic carboxylic acids is 1. The molecule has 0 saturated heterocycles. The highest BCUT2D eigenvalue weighted by Crippen LogP contribution is 2.23. The molecule has 0 radical (unpaired) electrons. The summed E-state index contributed by atoms with van der Waals surface area (Å²) in [4.78, 5) is 10.4. The highest BCUT2D eigenvalue weighted by atomic mass is 127. The van der Waals surface area contributed by atoms with Crippen molar-refractivity contribution in [2.45, 2.75) is 12.5 Å². The molecular formula is C9H10INO3. The Morgan fingerprint density at radius 2 is 2.21 bits per heavy atom. The highest BCUT2D eigenvalue weighted by molar-refractivity contribution is 14.1. The van der Waals surface area contributed by atoms with Crippen molar-refractivity contribution < 1.29 is 15.0 Å². The lowest BCUT2D eigenvalue weighted by atomic mass is 10.1. The largest absolute Gasteiger partial charge is 0.507 e. The third kappa shape index (κ3) is 2.85. The number of benzene rings is 1. The van der Waals surface area contributed by atoms with E-state index in [2.05, 4.69) is 0 Å². The van der Waals surface area contributed by atoms with Gasteiger partial charge in [-0.1, -0.05) is 6.07 Å². The van der Waals surface area contributed by atoms with Gasteiger partial charge in [0.15, 0.2) is 0 Å². The van der Waals surface area contributed by atoms with Crippen molar-refractivity contribution in [2.75, 3.05) is 0 Å². The Bertz CT molecular complexity index is 354. The molecule has 0 aliphatic carbocycles. The number of halogens is 1. The standard InChI is InChI=1S/C9H10INO3/c10-6-3-5(1-2-8(6)12)7(11)4-9(13)14/h1-3,7,12H,4,11H2,(H,13,14)/t7-/m0/s1. The van der Waals surface area contributed by atoms with E-state index in [1.807, 2.05) is 22.6 Å². The number of nitrogens with two attached hydrogens (primary N) is 1. The lowest BCUT2D eigenvalue weighted by Gasteiger charge is -2.09. The normalized spacial score (nSPS) is 12.4. The third-order valence-electron chi connectivity index (χ3n) is 1.79. The second kappa shape index (κ2) is 4.61. The summed E-state index contributed by atoms with van der Waals surface area (Å²) < 4.78 is 0.668. The predicted octanol–water partition coefficient (Wildman–Crippen LogP) is 1.47. The first-order chi connectivity index (χ1) is 6.50. The second-order valence-corrected chi connectivity index (χ2v) is 4.08. The van der Waals surface area contributed by atoms with Gasteiger partial charge in [0.25, 0.3) is 0 Å². The van der Waals surface area contributed by atoms with E-state index in [-0.39, 0.29) is 12.2 Å². The number of aromatic hydroxyl groups is 1. The van der Waals surface area contributed by atoms with Gasteiger partial charge in [-0.3, -0.25) is 4.79 Å². The maximum absolute atomic E-state index is 10.4. The summed E-state index contributed by atoms with van der Waals surface area (Å²) in [5.41, 5.74) is 6.37. The quantitative estimate of drug-likeness (QED) is 0.739. The Labute approximate surface area is 94.9 Å². The van der Waals surface area contributed by atoms with E-state index in [9.17, 15) is 9.90 Å². The zero-order valence-corrected chi connectivity index (χ0v) is 9.43. The molecule has 4 nitrogen and oxygen atoms in total. The first-order valence-corrected chi connectivity index (χ1v) is 5.04. The number of carboxylic acid groups (broad SMARTS) is 1. The van der Waals surface area contributed by atoms with Crippen molar-refractivity contribution in [3.05, 3.63) is 27.3 Å². The maximum Gasteiger partial charge on any atom is 0.305 e. The van der Waals surface area contributed by atoms with E-state index in [0.29, 0.717) is 3.57 Å². The SMILES string of the molecule is N[C@@H](CC(=O)O)c1ccc(O)c(I)c1. The minimum Gasteiger partial charge on any atom is -0.507 e.